The van der Waals surface area contributed by atoms with Crippen molar-refractivity contribution in [2.24, 2.45) is 0 Å². The quantitative estimate of drug-likeness (QED) is 0.219. The van der Waals surface area contributed by atoms with E-state index >= 15 is 0 Å². The third-order valence-corrected chi connectivity index (χ3v) is 7.12. The van der Waals surface area contributed by atoms with E-state index in [0.29, 0.717) is 12.8 Å². The SMILES string of the molecule is CO.COC.COP(OC[C@]1(C)CCC(n2ccc(=O)[nH]c2=O)O1)O[C@H]1CC(n2ccc(=O)[nH]c2=O)OC1CC=N. The number of nitrogens with zero attached hydrogens (tertiary/aromatic N) is 2. The Morgan fingerprint density at radius 1 is 1.07 bits per heavy atom. The van der Waals surface area contributed by atoms with Gasteiger partial charge >= 0.3 is 20.0 Å². The second-order valence-corrected chi connectivity index (χ2v) is 10.4. The first-order chi connectivity index (χ1) is 19.6. The lowest BCUT2D eigenvalue weighted by Crippen LogP contribution is -2.34. The number of aliphatic hydroxyl groups is 1. The zero-order valence-corrected chi connectivity index (χ0v) is 24.5. The van der Waals surface area contributed by atoms with Crippen molar-refractivity contribution < 1.29 is 32.9 Å². The Kier molecular flexibility index (Phi) is 13.9. The van der Waals surface area contributed by atoms with E-state index in [-0.39, 0.29) is 19.4 Å². The van der Waals surface area contributed by atoms with E-state index in [9.17, 15) is 19.2 Å². The lowest BCUT2D eigenvalue weighted by Gasteiger charge is -2.28. The zero-order valence-electron chi connectivity index (χ0n) is 23.6. The van der Waals surface area contributed by atoms with Crippen LogP contribution in [0.15, 0.2) is 43.7 Å². The summed E-state index contributed by atoms with van der Waals surface area (Å²) in [7, 11) is 3.86. The summed E-state index contributed by atoms with van der Waals surface area (Å²) in [6.45, 7) is 1.97. The van der Waals surface area contributed by atoms with Crippen LogP contribution in [0.25, 0.3) is 0 Å². The van der Waals surface area contributed by atoms with Crippen LogP contribution in [0.5, 0.6) is 0 Å². The lowest BCUT2D eigenvalue weighted by atomic mass is 10.0. The van der Waals surface area contributed by atoms with Crippen molar-refractivity contribution in [3.05, 3.63) is 66.2 Å². The molecule has 4 N–H and O–H groups in total. The third-order valence-electron chi connectivity index (χ3n) is 6.04. The molecular formula is C24H38N5O11P. The first-order valence-electron chi connectivity index (χ1n) is 12.6. The number of hydrogen-bond donors (Lipinski definition) is 4. The van der Waals surface area contributed by atoms with Crippen LogP contribution in [0.2, 0.25) is 0 Å². The van der Waals surface area contributed by atoms with Gasteiger partial charge in [0.1, 0.15) is 12.5 Å². The summed E-state index contributed by atoms with van der Waals surface area (Å²) in [5.74, 6) is 0. The van der Waals surface area contributed by atoms with E-state index in [0.717, 1.165) is 7.11 Å². The van der Waals surface area contributed by atoms with Gasteiger partial charge < -0.3 is 38.3 Å². The highest BCUT2D eigenvalue weighted by atomic mass is 31.2. The molecule has 2 aromatic rings. The summed E-state index contributed by atoms with van der Waals surface area (Å²) >= 11 is 0. The number of aliphatic hydroxyl groups excluding tert-OH is 1. The second kappa shape index (κ2) is 16.6. The Bertz CT molecular complexity index is 1330. The minimum atomic E-state index is -1.83. The highest BCUT2D eigenvalue weighted by molar-refractivity contribution is 7.41. The molecule has 2 fully saturated rings. The summed E-state index contributed by atoms with van der Waals surface area (Å²) in [4.78, 5) is 51.4. The number of aromatic amines is 2. The summed E-state index contributed by atoms with van der Waals surface area (Å²) < 4.78 is 36.2. The van der Waals surface area contributed by atoms with Crippen LogP contribution >= 0.6 is 8.60 Å². The van der Waals surface area contributed by atoms with Gasteiger partial charge in [0.15, 0.2) is 0 Å². The molecule has 0 radical (unpaired) electrons. The van der Waals surface area contributed by atoms with E-state index in [4.69, 9.17) is 33.6 Å². The highest BCUT2D eigenvalue weighted by Crippen LogP contribution is 2.47. The molecule has 16 nitrogen and oxygen atoms in total. The summed E-state index contributed by atoms with van der Waals surface area (Å²) in [6, 6.07) is 2.49. The predicted octanol–water partition coefficient (Wildman–Crippen LogP) is 0.628. The van der Waals surface area contributed by atoms with Crippen molar-refractivity contribution in [3.63, 3.8) is 0 Å². The number of rotatable bonds is 10. The maximum Gasteiger partial charge on any atom is 0.332 e. The van der Waals surface area contributed by atoms with Crippen molar-refractivity contribution in [1.82, 2.24) is 19.1 Å². The molecule has 0 saturated carbocycles. The van der Waals surface area contributed by atoms with Crippen molar-refractivity contribution in [1.29, 1.82) is 5.41 Å². The molecule has 4 heterocycles. The zero-order chi connectivity index (χ0) is 30.6. The lowest BCUT2D eigenvalue weighted by molar-refractivity contribution is -0.0869. The number of hydrogen-bond acceptors (Lipinski definition) is 12. The van der Waals surface area contributed by atoms with E-state index in [1.165, 1.54) is 47.0 Å². The van der Waals surface area contributed by atoms with Gasteiger partial charge in [-0.3, -0.25) is 28.7 Å². The molecule has 17 heteroatoms. The van der Waals surface area contributed by atoms with Gasteiger partial charge in [-0.25, -0.2) is 9.59 Å². The van der Waals surface area contributed by atoms with E-state index < -0.39 is 61.4 Å². The van der Waals surface area contributed by atoms with Crippen LogP contribution in [-0.2, 0) is 27.8 Å². The maximum atomic E-state index is 12.2. The van der Waals surface area contributed by atoms with E-state index in [1.807, 2.05) is 6.92 Å². The Morgan fingerprint density at radius 2 is 1.63 bits per heavy atom. The number of H-pyrrole nitrogens is 2. The van der Waals surface area contributed by atoms with Crippen LogP contribution < -0.4 is 22.5 Å². The predicted molar refractivity (Wildman–Crippen MR) is 148 cm³/mol. The Labute approximate surface area is 236 Å². The third kappa shape index (κ3) is 9.61. The minimum Gasteiger partial charge on any atom is -0.400 e. The number of methoxy groups -OCH3 is 1. The van der Waals surface area contributed by atoms with Crippen LogP contribution in [0.1, 0.15) is 45.1 Å². The molecule has 0 aliphatic carbocycles. The molecular weight excluding hydrogens is 565 g/mol. The largest absolute Gasteiger partial charge is 0.400 e. The Morgan fingerprint density at radius 3 is 2.15 bits per heavy atom. The van der Waals surface area contributed by atoms with Crippen molar-refractivity contribution >= 4 is 14.8 Å². The van der Waals surface area contributed by atoms with Gasteiger partial charge in [0.25, 0.3) is 11.1 Å². The summed E-state index contributed by atoms with van der Waals surface area (Å²) in [5, 5.41) is 14.5. The normalized spacial score (nSPS) is 25.9. The van der Waals surface area contributed by atoms with Crippen LogP contribution in [-0.4, -0.2) is 83.3 Å². The van der Waals surface area contributed by atoms with Gasteiger partial charge in [-0.1, -0.05) is 0 Å². The topological polar surface area (TPSA) is 209 Å². The average Bonchev–Trinajstić information content (AvgIpc) is 3.52. The molecule has 41 heavy (non-hydrogen) atoms. The fraction of sp³-hybridized carbons (Fsp3) is 0.625. The Hall–Kier alpha value is -2.82. The number of ether oxygens (including phenoxy) is 3. The molecule has 0 bridgehead atoms. The van der Waals surface area contributed by atoms with Crippen LogP contribution in [0, 0.1) is 5.41 Å². The van der Waals surface area contributed by atoms with Gasteiger partial charge in [0.2, 0.25) is 0 Å². The molecule has 4 unspecified atom stereocenters. The Balaban J connectivity index is 0.00000110. The van der Waals surface area contributed by atoms with Crippen molar-refractivity contribution in [3.8, 4) is 0 Å². The van der Waals surface area contributed by atoms with Crippen molar-refractivity contribution in [2.75, 3.05) is 35.0 Å². The molecule has 2 aromatic heterocycles. The summed E-state index contributed by atoms with van der Waals surface area (Å²) in [5.41, 5.74) is -2.86. The maximum absolute atomic E-state index is 12.2. The summed E-state index contributed by atoms with van der Waals surface area (Å²) in [6.07, 6.45) is 3.33. The van der Waals surface area contributed by atoms with E-state index in [2.05, 4.69) is 14.7 Å². The highest BCUT2D eigenvalue weighted by Gasteiger charge is 2.41. The molecule has 0 amide bonds. The van der Waals surface area contributed by atoms with Gasteiger partial charge in [-0.15, -0.1) is 0 Å². The molecule has 0 spiro atoms. The van der Waals surface area contributed by atoms with Crippen LogP contribution in [0.3, 0.4) is 0 Å². The molecule has 2 aliphatic heterocycles. The first kappa shape index (κ1) is 34.4. The van der Waals surface area contributed by atoms with Gasteiger partial charge in [-0.05, 0) is 26.0 Å². The number of aromatic nitrogens is 4. The smallest absolute Gasteiger partial charge is 0.332 e. The molecule has 0 aromatic carbocycles. The first-order valence-corrected chi connectivity index (χ1v) is 13.7. The van der Waals surface area contributed by atoms with Crippen LogP contribution in [0.4, 0.5) is 0 Å². The molecule has 2 aliphatic rings. The standard InChI is InChI=1S/C21H28N5O9P.C2H6O.CH4O/c1-21(7-3-17(34-21)25-9-5-15(27)23-19(25)29)12-32-36(31-2)35-14-11-18(33-13(14)4-8-22)26-10-6-16(28)24-20(26)30;1-3-2;1-2/h5-6,8-10,13-14,17-18,22H,3-4,7,11-12H2,1-2H3,(H,23,27,29)(H,24,28,30);1-2H3;2H,1H3/t13?,14-,17?,18?,21-,36?;;/m0../s1. The fourth-order valence-corrected chi connectivity index (χ4v) is 5.29. The number of nitrogens with one attached hydrogen (secondary N) is 3. The van der Waals surface area contributed by atoms with Gasteiger partial charge in [0.05, 0.1) is 24.4 Å². The van der Waals surface area contributed by atoms with Gasteiger partial charge in [0, 0.05) is 65.8 Å². The van der Waals surface area contributed by atoms with Crippen molar-refractivity contribution in [2.45, 2.75) is 62.9 Å². The van der Waals surface area contributed by atoms with Gasteiger partial charge in [-0.2, -0.15) is 0 Å². The monoisotopic (exact) mass is 603 g/mol. The molecule has 230 valence electrons. The van der Waals surface area contributed by atoms with E-state index in [1.54, 1.807) is 14.2 Å². The molecule has 2 saturated heterocycles. The minimum absolute atomic E-state index is 0.118. The second-order valence-electron chi connectivity index (χ2n) is 9.13. The average molecular weight is 604 g/mol. The molecule has 6 atom stereocenters. The molecule has 4 rings (SSSR count). The fourth-order valence-electron chi connectivity index (χ4n) is 4.22.